The SMILES string of the molecule is CC(CS(C)=O)NC(=O)c1c(F)ccc(S(=O)(=O)Cl)c1F. The van der Waals surface area contributed by atoms with Gasteiger partial charge in [0.2, 0.25) is 0 Å². The molecule has 0 saturated heterocycles. The van der Waals surface area contributed by atoms with Gasteiger partial charge in [-0.1, -0.05) is 0 Å². The Kier molecular flexibility index (Phi) is 5.83. The molecule has 10 heteroatoms. The number of nitrogens with one attached hydrogen (secondary N) is 1. The third-order valence-corrected chi connectivity index (χ3v) is 4.72. The standard InChI is InChI=1S/C11H12ClF2NO4S2/c1-6(5-20(2)17)15-11(16)9-7(13)3-4-8(10(9)14)21(12,18)19/h3-4,6H,5H2,1-2H3,(H,15,16). The Labute approximate surface area is 127 Å². The van der Waals surface area contributed by atoms with Crippen molar-refractivity contribution in [3.05, 3.63) is 29.3 Å². The minimum Gasteiger partial charge on any atom is -0.348 e. The lowest BCUT2D eigenvalue weighted by atomic mass is 10.1. The molecule has 5 nitrogen and oxygen atoms in total. The van der Waals surface area contributed by atoms with Crippen LogP contribution in [-0.2, 0) is 19.9 Å². The normalized spacial score (nSPS) is 14.5. The van der Waals surface area contributed by atoms with Gasteiger partial charge in [0, 0.05) is 39.5 Å². The second-order valence-corrected chi connectivity index (χ2v) is 8.30. The number of amides is 1. The molecule has 2 atom stereocenters. The highest BCUT2D eigenvalue weighted by Crippen LogP contribution is 2.23. The van der Waals surface area contributed by atoms with E-state index in [1.54, 1.807) is 0 Å². The molecule has 0 saturated carbocycles. The Morgan fingerprint density at radius 1 is 1.43 bits per heavy atom. The number of halogens is 3. The number of hydrogen-bond donors (Lipinski definition) is 1. The smallest absolute Gasteiger partial charge is 0.264 e. The van der Waals surface area contributed by atoms with E-state index in [1.807, 2.05) is 0 Å². The molecular weight excluding hydrogens is 348 g/mol. The first-order valence-electron chi connectivity index (χ1n) is 5.57. The van der Waals surface area contributed by atoms with E-state index in [2.05, 4.69) is 5.32 Å². The molecule has 1 rings (SSSR count). The number of carbonyl (C=O) groups is 1. The Balaban J connectivity index is 3.18. The summed E-state index contributed by atoms with van der Waals surface area (Å²) < 4.78 is 60.8. The summed E-state index contributed by atoms with van der Waals surface area (Å²) in [5.41, 5.74) is -1.05. The van der Waals surface area contributed by atoms with E-state index in [-0.39, 0.29) is 5.75 Å². The first kappa shape index (κ1) is 18.0. The largest absolute Gasteiger partial charge is 0.348 e. The highest BCUT2D eigenvalue weighted by atomic mass is 35.7. The second kappa shape index (κ2) is 6.80. The van der Waals surface area contributed by atoms with Crippen LogP contribution < -0.4 is 5.32 Å². The molecule has 118 valence electrons. The Morgan fingerprint density at radius 2 is 2.00 bits per heavy atom. The highest BCUT2D eigenvalue weighted by molar-refractivity contribution is 8.13. The predicted molar refractivity (Wildman–Crippen MR) is 75.3 cm³/mol. The quantitative estimate of drug-likeness (QED) is 0.806. The van der Waals surface area contributed by atoms with Gasteiger partial charge in [0.25, 0.3) is 15.0 Å². The number of hydrogen-bond acceptors (Lipinski definition) is 4. The van der Waals surface area contributed by atoms with Crippen molar-refractivity contribution in [2.24, 2.45) is 0 Å². The van der Waals surface area contributed by atoms with Gasteiger partial charge >= 0.3 is 0 Å². The summed E-state index contributed by atoms with van der Waals surface area (Å²) in [6.07, 6.45) is 1.41. The summed E-state index contributed by atoms with van der Waals surface area (Å²) in [5.74, 6) is -3.85. The molecule has 0 aliphatic heterocycles. The van der Waals surface area contributed by atoms with Crippen molar-refractivity contribution in [1.29, 1.82) is 0 Å². The van der Waals surface area contributed by atoms with E-state index < -0.39 is 53.9 Å². The first-order chi connectivity index (χ1) is 9.54. The molecule has 1 aromatic carbocycles. The van der Waals surface area contributed by atoms with Crippen LogP contribution >= 0.6 is 10.7 Å². The van der Waals surface area contributed by atoms with E-state index >= 15 is 0 Å². The number of carbonyl (C=O) groups excluding carboxylic acids is 1. The first-order valence-corrected chi connectivity index (χ1v) is 9.61. The van der Waals surface area contributed by atoms with E-state index in [9.17, 15) is 26.2 Å². The van der Waals surface area contributed by atoms with Crippen LogP contribution in [0.5, 0.6) is 0 Å². The molecule has 0 radical (unpaired) electrons. The molecule has 0 spiro atoms. The van der Waals surface area contributed by atoms with Crippen molar-refractivity contribution in [2.75, 3.05) is 12.0 Å². The number of rotatable bonds is 5. The van der Waals surface area contributed by atoms with E-state index in [0.29, 0.717) is 12.1 Å². The third kappa shape index (κ3) is 4.72. The Hall–Kier alpha value is -1.06. The molecule has 0 aromatic heterocycles. The molecule has 0 bridgehead atoms. The fraction of sp³-hybridized carbons (Fsp3) is 0.364. The molecule has 0 aliphatic rings. The van der Waals surface area contributed by atoms with Crippen molar-refractivity contribution in [3.8, 4) is 0 Å². The van der Waals surface area contributed by atoms with Gasteiger partial charge in [0.1, 0.15) is 16.3 Å². The van der Waals surface area contributed by atoms with Crippen LogP contribution in [0.2, 0.25) is 0 Å². The molecule has 1 N–H and O–H groups in total. The fourth-order valence-corrected chi connectivity index (χ4v) is 3.31. The van der Waals surface area contributed by atoms with E-state index in [0.717, 1.165) is 0 Å². The van der Waals surface area contributed by atoms with Gasteiger partial charge < -0.3 is 5.32 Å². The zero-order chi connectivity index (χ0) is 16.4. The van der Waals surface area contributed by atoms with Crippen LogP contribution in [0.3, 0.4) is 0 Å². The maximum Gasteiger partial charge on any atom is 0.264 e. The molecule has 21 heavy (non-hydrogen) atoms. The number of benzene rings is 1. The average molecular weight is 360 g/mol. The molecule has 0 heterocycles. The zero-order valence-corrected chi connectivity index (χ0v) is 13.4. The van der Waals surface area contributed by atoms with Crippen molar-refractivity contribution in [1.82, 2.24) is 5.32 Å². The van der Waals surface area contributed by atoms with Crippen LogP contribution in [0.15, 0.2) is 17.0 Å². The van der Waals surface area contributed by atoms with Crippen molar-refractivity contribution >= 4 is 36.4 Å². The highest BCUT2D eigenvalue weighted by Gasteiger charge is 2.26. The summed E-state index contributed by atoms with van der Waals surface area (Å²) in [6.45, 7) is 1.50. The summed E-state index contributed by atoms with van der Waals surface area (Å²) in [4.78, 5) is 10.8. The van der Waals surface area contributed by atoms with E-state index in [1.165, 1.54) is 13.2 Å². The topological polar surface area (TPSA) is 80.3 Å². The van der Waals surface area contributed by atoms with Crippen LogP contribution in [0.1, 0.15) is 17.3 Å². The maximum atomic E-state index is 14.0. The summed E-state index contributed by atoms with van der Waals surface area (Å²) in [6, 6.07) is 0.655. The second-order valence-electron chi connectivity index (χ2n) is 4.29. The molecule has 0 fully saturated rings. The van der Waals surface area contributed by atoms with Crippen molar-refractivity contribution in [2.45, 2.75) is 17.9 Å². The van der Waals surface area contributed by atoms with Crippen molar-refractivity contribution < 1.29 is 26.2 Å². The van der Waals surface area contributed by atoms with Crippen LogP contribution in [0.25, 0.3) is 0 Å². The van der Waals surface area contributed by atoms with E-state index in [4.69, 9.17) is 10.7 Å². The lowest BCUT2D eigenvalue weighted by Gasteiger charge is -2.14. The van der Waals surface area contributed by atoms with Gasteiger partial charge in [-0.05, 0) is 19.1 Å². The van der Waals surface area contributed by atoms with Gasteiger partial charge in [-0.2, -0.15) is 0 Å². The lowest BCUT2D eigenvalue weighted by molar-refractivity contribution is 0.0934. The monoisotopic (exact) mass is 359 g/mol. The molecule has 0 aliphatic carbocycles. The molecule has 1 aromatic rings. The minimum atomic E-state index is -4.45. The van der Waals surface area contributed by atoms with Crippen LogP contribution in [-0.4, -0.2) is 36.6 Å². The van der Waals surface area contributed by atoms with Crippen molar-refractivity contribution in [3.63, 3.8) is 0 Å². The van der Waals surface area contributed by atoms with Gasteiger partial charge in [-0.3, -0.25) is 9.00 Å². The summed E-state index contributed by atoms with van der Waals surface area (Å²) in [7, 11) is -0.663. The molecule has 2 unspecified atom stereocenters. The Bertz CT molecular complexity index is 694. The summed E-state index contributed by atoms with van der Waals surface area (Å²) in [5, 5.41) is 2.24. The third-order valence-electron chi connectivity index (χ3n) is 2.41. The predicted octanol–water partition coefficient (Wildman–Crippen LogP) is 1.39. The van der Waals surface area contributed by atoms with Gasteiger partial charge in [-0.15, -0.1) is 0 Å². The Morgan fingerprint density at radius 3 is 2.48 bits per heavy atom. The average Bonchev–Trinajstić information content (AvgIpc) is 2.25. The van der Waals surface area contributed by atoms with Gasteiger partial charge in [0.05, 0.1) is 0 Å². The zero-order valence-electron chi connectivity index (χ0n) is 11.0. The van der Waals surface area contributed by atoms with Crippen LogP contribution in [0, 0.1) is 11.6 Å². The molecular formula is C11H12ClF2NO4S2. The van der Waals surface area contributed by atoms with Gasteiger partial charge in [-0.25, -0.2) is 17.2 Å². The van der Waals surface area contributed by atoms with Gasteiger partial charge in [0.15, 0.2) is 5.82 Å². The van der Waals surface area contributed by atoms with Crippen LogP contribution in [0.4, 0.5) is 8.78 Å². The maximum absolute atomic E-state index is 14.0. The lowest BCUT2D eigenvalue weighted by Crippen LogP contribution is -2.37. The summed E-state index contributed by atoms with van der Waals surface area (Å²) >= 11 is 0. The molecule has 1 amide bonds. The minimum absolute atomic E-state index is 0.0858. The fourth-order valence-electron chi connectivity index (χ4n) is 1.62.